The van der Waals surface area contributed by atoms with Crippen molar-refractivity contribution in [1.29, 1.82) is 0 Å². The fourth-order valence-electron chi connectivity index (χ4n) is 3.15. The van der Waals surface area contributed by atoms with E-state index in [1.165, 1.54) is 6.42 Å². The smallest absolute Gasteiger partial charge is 0.241 e. The van der Waals surface area contributed by atoms with Crippen molar-refractivity contribution >= 4 is 17.2 Å². The van der Waals surface area contributed by atoms with Gasteiger partial charge in [0, 0.05) is 48.6 Å². The molecule has 2 aromatic heterocycles. The van der Waals surface area contributed by atoms with Crippen molar-refractivity contribution in [1.82, 2.24) is 25.4 Å². The molecule has 0 aromatic carbocycles. The molecule has 0 aliphatic carbocycles. The molecule has 7 heteroatoms. The molecule has 1 saturated heterocycles. The number of rotatable bonds is 7. The third-order valence-electron chi connectivity index (χ3n) is 4.52. The highest BCUT2D eigenvalue weighted by Crippen LogP contribution is 2.22. The van der Waals surface area contributed by atoms with Gasteiger partial charge in [-0.25, -0.2) is 4.98 Å². The fourth-order valence-corrected chi connectivity index (χ4v) is 4.02. The number of hydrogen-bond donors (Lipinski definition) is 2. The number of amides is 1. The Bertz CT molecular complexity index is 687. The SMILES string of the molecule is CC(C)c1nc(CCNC(=O)Cn2nccc2C2CCCNC2)cs1. The summed E-state index contributed by atoms with van der Waals surface area (Å²) in [6.07, 6.45) is 4.89. The third-order valence-corrected chi connectivity index (χ3v) is 5.72. The van der Waals surface area contributed by atoms with E-state index in [2.05, 4.69) is 39.9 Å². The van der Waals surface area contributed by atoms with Crippen LogP contribution >= 0.6 is 11.3 Å². The molecule has 0 radical (unpaired) electrons. The predicted molar refractivity (Wildman–Crippen MR) is 100.0 cm³/mol. The minimum absolute atomic E-state index is 0.00744. The van der Waals surface area contributed by atoms with E-state index in [0.717, 1.165) is 42.3 Å². The first-order chi connectivity index (χ1) is 12.1. The lowest BCUT2D eigenvalue weighted by Crippen LogP contribution is -2.33. The number of nitrogens with zero attached hydrogens (tertiary/aromatic N) is 3. The van der Waals surface area contributed by atoms with Crippen molar-refractivity contribution in [2.75, 3.05) is 19.6 Å². The Kier molecular flexibility index (Phi) is 6.20. The van der Waals surface area contributed by atoms with Crippen LogP contribution in [0.5, 0.6) is 0 Å². The minimum atomic E-state index is 0.00744. The number of carbonyl (C=O) groups excluding carboxylic acids is 1. The van der Waals surface area contributed by atoms with Gasteiger partial charge in [0.2, 0.25) is 5.91 Å². The van der Waals surface area contributed by atoms with Crippen molar-refractivity contribution in [3.63, 3.8) is 0 Å². The van der Waals surface area contributed by atoms with Gasteiger partial charge in [-0.3, -0.25) is 9.48 Å². The van der Waals surface area contributed by atoms with Crippen LogP contribution in [0.15, 0.2) is 17.6 Å². The van der Waals surface area contributed by atoms with E-state index in [1.54, 1.807) is 17.5 Å². The first-order valence-corrected chi connectivity index (χ1v) is 9.95. The Labute approximate surface area is 153 Å². The second-order valence-corrected chi connectivity index (χ2v) is 7.78. The summed E-state index contributed by atoms with van der Waals surface area (Å²) in [5.74, 6) is 0.919. The van der Waals surface area contributed by atoms with Gasteiger partial charge in [0.25, 0.3) is 0 Å². The molecule has 136 valence electrons. The summed E-state index contributed by atoms with van der Waals surface area (Å²) in [6, 6.07) is 2.04. The largest absolute Gasteiger partial charge is 0.354 e. The second kappa shape index (κ2) is 8.58. The number of carbonyl (C=O) groups is 1. The van der Waals surface area contributed by atoms with Gasteiger partial charge in [-0.2, -0.15) is 5.10 Å². The maximum Gasteiger partial charge on any atom is 0.241 e. The maximum absolute atomic E-state index is 12.2. The van der Waals surface area contributed by atoms with E-state index < -0.39 is 0 Å². The molecule has 3 rings (SSSR count). The van der Waals surface area contributed by atoms with Gasteiger partial charge in [0.15, 0.2) is 0 Å². The van der Waals surface area contributed by atoms with Crippen molar-refractivity contribution in [3.8, 4) is 0 Å². The maximum atomic E-state index is 12.2. The molecule has 0 saturated carbocycles. The highest BCUT2D eigenvalue weighted by molar-refractivity contribution is 7.09. The number of thiazole rings is 1. The van der Waals surface area contributed by atoms with Crippen LogP contribution in [0.2, 0.25) is 0 Å². The van der Waals surface area contributed by atoms with Crippen molar-refractivity contribution < 1.29 is 4.79 Å². The first-order valence-electron chi connectivity index (χ1n) is 9.07. The van der Waals surface area contributed by atoms with E-state index >= 15 is 0 Å². The van der Waals surface area contributed by atoms with Crippen LogP contribution in [-0.2, 0) is 17.8 Å². The van der Waals surface area contributed by atoms with E-state index in [0.29, 0.717) is 18.4 Å². The molecule has 1 unspecified atom stereocenters. The van der Waals surface area contributed by atoms with Gasteiger partial charge >= 0.3 is 0 Å². The first kappa shape index (κ1) is 18.1. The molecule has 2 N–H and O–H groups in total. The van der Waals surface area contributed by atoms with Crippen molar-refractivity contribution in [2.45, 2.75) is 51.5 Å². The molecule has 1 fully saturated rings. The normalized spacial score (nSPS) is 17.8. The lowest BCUT2D eigenvalue weighted by Gasteiger charge is -2.23. The van der Waals surface area contributed by atoms with Crippen LogP contribution in [0.1, 0.15) is 54.9 Å². The number of hydrogen-bond acceptors (Lipinski definition) is 5. The van der Waals surface area contributed by atoms with E-state index in [-0.39, 0.29) is 12.5 Å². The quantitative estimate of drug-likeness (QED) is 0.794. The highest BCUT2D eigenvalue weighted by Gasteiger charge is 2.19. The summed E-state index contributed by atoms with van der Waals surface area (Å²) in [5.41, 5.74) is 2.21. The zero-order chi connectivity index (χ0) is 17.6. The van der Waals surface area contributed by atoms with Crippen LogP contribution in [0.4, 0.5) is 0 Å². The Morgan fingerprint density at radius 1 is 1.52 bits per heavy atom. The standard InChI is InChI=1S/C18H27N5OS/c1-13(2)18-22-15(12-25-18)5-8-20-17(24)11-23-16(6-9-21-23)14-4-3-7-19-10-14/h6,9,12-14,19H,3-5,7-8,10-11H2,1-2H3,(H,20,24). The Balaban J connectivity index is 1.47. The summed E-state index contributed by atoms with van der Waals surface area (Å²) >= 11 is 1.69. The van der Waals surface area contributed by atoms with Gasteiger partial charge < -0.3 is 10.6 Å². The second-order valence-electron chi connectivity index (χ2n) is 6.89. The number of piperidine rings is 1. The topological polar surface area (TPSA) is 71.8 Å². The Morgan fingerprint density at radius 3 is 3.12 bits per heavy atom. The van der Waals surface area contributed by atoms with Gasteiger partial charge in [0.1, 0.15) is 6.54 Å². The molecule has 25 heavy (non-hydrogen) atoms. The summed E-state index contributed by atoms with van der Waals surface area (Å²) in [4.78, 5) is 16.8. The third kappa shape index (κ3) is 4.89. The van der Waals surface area contributed by atoms with Crippen molar-refractivity contribution in [2.24, 2.45) is 0 Å². The molecular weight excluding hydrogens is 334 g/mol. The number of aromatic nitrogens is 3. The van der Waals surface area contributed by atoms with E-state index in [9.17, 15) is 4.79 Å². The van der Waals surface area contributed by atoms with Crippen molar-refractivity contribution in [3.05, 3.63) is 34.0 Å². The van der Waals surface area contributed by atoms with Crippen LogP contribution in [0.3, 0.4) is 0 Å². The minimum Gasteiger partial charge on any atom is -0.354 e. The van der Waals surface area contributed by atoms with Gasteiger partial charge in [-0.15, -0.1) is 11.3 Å². The van der Waals surface area contributed by atoms with Crippen LogP contribution in [0.25, 0.3) is 0 Å². The Hall–Kier alpha value is -1.73. The lowest BCUT2D eigenvalue weighted by molar-refractivity contribution is -0.121. The molecule has 2 aromatic rings. The molecule has 1 aliphatic rings. The van der Waals surface area contributed by atoms with Crippen LogP contribution in [-0.4, -0.2) is 40.3 Å². The van der Waals surface area contributed by atoms with Gasteiger partial charge in [0.05, 0.1) is 10.7 Å². The lowest BCUT2D eigenvalue weighted by atomic mass is 9.96. The van der Waals surface area contributed by atoms with Gasteiger partial charge in [-0.05, 0) is 25.5 Å². The zero-order valence-corrected chi connectivity index (χ0v) is 15.8. The highest BCUT2D eigenvalue weighted by atomic mass is 32.1. The van der Waals surface area contributed by atoms with Gasteiger partial charge in [-0.1, -0.05) is 13.8 Å². The average molecular weight is 362 g/mol. The predicted octanol–water partition coefficient (Wildman–Crippen LogP) is 2.29. The molecule has 0 bridgehead atoms. The average Bonchev–Trinajstić information content (AvgIpc) is 3.25. The summed E-state index contributed by atoms with van der Waals surface area (Å²) in [5, 5.41) is 14.0. The molecule has 1 atom stereocenters. The zero-order valence-electron chi connectivity index (χ0n) is 15.0. The fraction of sp³-hybridized carbons (Fsp3) is 0.611. The molecule has 1 amide bonds. The molecule has 6 nitrogen and oxygen atoms in total. The number of nitrogens with one attached hydrogen (secondary N) is 2. The molecule has 3 heterocycles. The van der Waals surface area contributed by atoms with Crippen LogP contribution in [0, 0.1) is 0 Å². The summed E-state index contributed by atoms with van der Waals surface area (Å²) < 4.78 is 1.84. The summed E-state index contributed by atoms with van der Waals surface area (Å²) in [7, 11) is 0. The molecule has 0 spiro atoms. The summed E-state index contributed by atoms with van der Waals surface area (Å²) in [6.45, 7) is 7.24. The monoisotopic (exact) mass is 361 g/mol. The molecular formula is C18H27N5OS. The van der Waals surface area contributed by atoms with Crippen LogP contribution < -0.4 is 10.6 Å². The van der Waals surface area contributed by atoms with E-state index in [4.69, 9.17) is 0 Å². The molecule has 1 aliphatic heterocycles. The Morgan fingerprint density at radius 2 is 2.40 bits per heavy atom. The van der Waals surface area contributed by atoms with E-state index in [1.807, 2.05) is 10.7 Å².